The van der Waals surface area contributed by atoms with Crippen LogP contribution in [0.25, 0.3) is 0 Å². The molecule has 0 aliphatic carbocycles. The molecule has 1 atom stereocenters. The molecule has 3 nitrogen and oxygen atoms in total. The van der Waals surface area contributed by atoms with Crippen molar-refractivity contribution in [1.29, 1.82) is 0 Å². The highest BCUT2D eigenvalue weighted by Crippen LogP contribution is 2.40. The van der Waals surface area contributed by atoms with Crippen LogP contribution in [0.15, 0.2) is 0 Å². The number of rotatable bonds is 2. The van der Waals surface area contributed by atoms with Gasteiger partial charge in [-0.2, -0.15) is 0 Å². The summed E-state index contributed by atoms with van der Waals surface area (Å²) in [6, 6.07) is 0. The second-order valence-corrected chi connectivity index (χ2v) is 7.61. The molecule has 0 radical (unpaired) electrons. The molecule has 18 heavy (non-hydrogen) atoms. The fraction of sp³-hybridized carbons (Fsp3) is 1.00. The van der Waals surface area contributed by atoms with Gasteiger partial charge in [0.1, 0.15) is 0 Å². The van der Waals surface area contributed by atoms with E-state index in [1.54, 1.807) is 0 Å². The summed E-state index contributed by atoms with van der Waals surface area (Å²) in [6.07, 6.45) is 4.73. The molecule has 0 bridgehead atoms. The molecular formula is C15H30N2O. The number of hydrogen-bond donors (Lipinski definition) is 1. The van der Waals surface area contributed by atoms with Crippen molar-refractivity contribution in [3.05, 3.63) is 0 Å². The molecule has 0 aromatic carbocycles. The standard InChI is InChI=1S/C15H30N2O/c1-13(2)5-8-17(9-6-13)15(12-16)7-10-18-14(3,4)11-15/h5-12,16H2,1-4H3. The first kappa shape index (κ1) is 14.3. The van der Waals surface area contributed by atoms with Gasteiger partial charge in [0.05, 0.1) is 5.60 Å². The smallest absolute Gasteiger partial charge is 0.0644 e. The summed E-state index contributed by atoms with van der Waals surface area (Å²) in [5.41, 5.74) is 6.82. The number of nitrogens with zero attached hydrogens (tertiary/aromatic N) is 1. The van der Waals surface area contributed by atoms with E-state index >= 15 is 0 Å². The van der Waals surface area contributed by atoms with E-state index in [9.17, 15) is 0 Å². The molecule has 2 aliphatic rings. The van der Waals surface area contributed by atoms with Crippen LogP contribution in [0.3, 0.4) is 0 Å². The third-order valence-corrected chi connectivity index (χ3v) is 4.98. The lowest BCUT2D eigenvalue weighted by Crippen LogP contribution is -2.62. The molecular weight excluding hydrogens is 224 g/mol. The van der Waals surface area contributed by atoms with Crippen LogP contribution in [-0.4, -0.2) is 42.3 Å². The van der Waals surface area contributed by atoms with Crippen LogP contribution in [0.1, 0.15) is 53.4 Å². The highest BCUT2D eigenvalue weighted by Gasteiger charge is 2.45. The van der Waals surface area contributed by atoms with Crippen molar-refractivity contribution >= 4 is 0 Å². The lowest BCUT2D eigenvalue weighted by Gasteiger charge is -2.53. The van der Waals surface area contributed by atoms with Crippen molar-refractivity contribution < 1.29 is 4.74 Å². The molecule has 0 saturated carbocycles. The van der Waals surface area contributed by atoms with Crippen molar-refractivity contribution in [3.8, 4) is 0 Å². The quantitative estimate of drug-likeness (QED) is 0.822. The maximum atomic E-state index is 6.16. The Morgan fingerprint density at radius 1 is 1.06 bits per heavy atom. The van der Waals surface area contributed by atoms with Crippen LogP contribution in [0.5, 0.6) is 0 Å². The van der Waals surface area contributed by atoms with Crippen molar-refractivity contribution in [2.24, 2.45) is 11.1 Å². The third-order valence-electron chi connectivity index (χ3n) is 4.98. The Morgan fingerprint density at radius 3 is 2.17 bits per heavy atom. The van der Waals surface area contributed by atoms with Gasteiger partial charge >= 0.3 is 0 Å². The SMILES string of the molecule is CC1(C)CCN(C2(CN)CCOC(C)(C)C2)CC1. The predicted octanol–water partition coefficient (Wildman–Crippen LogP) is 2.39. The summed E-state index contributed by atoms with van der Waals surface area (Å²) in [4.78, 5) is 2.66. The zero-order chi connectivity index (χ0) is 13.4. The summed E-state index contributed by atoms with van der Waals surface area (Å²) < 4.78 is 5.87. The number of piperidine rings is 1. The fourth-order valence-corrected chi connectivity index (χ4v) is 3.61. The number of nitrogens with two attached hydrogens (primary N) is 1. The van der Waals surface area contributed by atoms with Crippen LogP contribution in [0.4, 0.5) is 0 Å². The molecule has 0 amide bonds. The maximum Gasteiger partial charge on any atom is 0.0644 e. The number of ether oxygens (including phenoxy) is 1. The molecule has 3 heteroatoms. The van der Waals surface area contributed by atoms with Gasteiger partial charge < -0.3 is 10.5 Å². The van der Waals surface area contributed by atoms with E-state index in [2.05, 4.69) is 32.6 Å². The van der Waals surface area contributed by atoms with Gasteiger partial charge in [-0.15, -0.1) is 0 Å². The molecule has 2 fully saturated rings. The zero-order valence-corrected chi connectivity index (χ0v) is 12.6. The van der Waals surface area contributed by atoms with Crippen LogP contribution >= 0.6 is 0 Å². The van der Waals surface area contributed by atoms with Gasteiger partial charge in [0, 0.05) is 18.7 Å². The van der Waals surface area contributed by atoms with E-state index in [0.717, 1.165) is 26.0 Å². The first-order valence-corrected chi connectivity index (χ1v) is 7.38. The van der Waals surface area contributed by atoms with Crippen LogP contribution < -0.4 is 5.73 Å². The second-order valence-electron chi connectivity index (χ2n) is 7.61. The molecule has 106 valence electrons. The van der Waals surface area contributed by atoms with Crippen LogP contribution in [0, 0.1) is 5.41 Å². The Morgan fingerprint density at radius 2 is 1.67 bits per heavy atom. The largest absolute Gasteiger partial charge is 0.375 e. The van der Waals surface area contributed by atoms with E-state index in [0.29, 0.717) is 5.41 Å². The lowest BCUT2D eigenvalue weighted by atomic mass is 9.76. The Hall–Kier alpha value is -0.120. The van der Waals surface area contributed by atoms with Crippen molar-refractivity contribution in [3.63, 3.8) is 0 Å². The minimum Gasteiger partial charge on any atom is -0.375 e. The maximum absolute atomic E-state index is 6.16. The number of hydrogen-bond acceptors (Lipinski definition) is 3. The van der Waals surface area contributed by atoms with Crippen molar-refractivity contribution in [1.82, 2.24) is 4.90 Å². The molecule has 2 rings (SSSR count). The van der Waals surface area contributed by atoms with E-state index < -0.39 is 0 Å². The average Bonchev–Trinajstić information content (AvgIpc) is 2.27. The lowest BCUT2D eigenvalue weighted by molar-refractivity contribution is -0.125. The van der Waals surface area contributed by atoms with Gasteiger partial charge in [-0.05, 0) is 58.0 Å². The average molecular weight is 254 g/mol. The normalized spacial score (nSPS) is 36.5. The Bertz CT molecular complexity index is 291. The minimum atomic E-state index is -0.0232. The molecule has 2 N–H and O–H groups in total. The van der Waals surface area contributed by atoms with E-state index in [-0.39, 0.29) is 11.1 Å². The zero-order valence-electron chi connectivity index (χ0n) is 12.6. The highest BCUT2D eigenvalue weighted by atomic mass is 16.5. The summed E-state index contributed by atoms with van der Waals surface area (Å²) in [6.45, 7) is 13.2. The molecule has 2 aliphatic heterocycles. The molecule has 0 aromatic rings. The second kappa shape index (κ2) is 4.77. The molecule has 2 heterocycles. The van der Waals surface area contributed by atoms with E-state index in [1.165, 1.54) is 25.9 Å². The predicted molar refractivity (Wildman–Crippen MR) is 75.6 cm³/mol. The van der Waals surface area contributed by atoms with Crippen molar-refractivity contribution in [2.45, 2.75) is 64.5 Å². The molecule has 1 unspecified atom stereocenters. The third kappa shape index (κ3) is 2.89. The Balaban J connectivity index is 2.08. The molecule has 0 aromatic heterocycles. The fourth-order valence-electron chi connectivity index (χ4n) is 3.61. The monoisotopic (exact) mass is 254 g/mol. The van der Waals surface area contributed by atoms with E-state index in [1.807, 2.05) is 0 Å². The highest BCUT2D eigenvalue weighted by molar-refractivity contribution is 5.01. The Kier molecular flexibility index (Phi) is 3.79. The van der Waals surface area contributed by atoms with Gasteiger partial charge in [-0.3, -0.25) is 4.90 Å². The summed E-state index contributed by atoms with van der Waals surface area (Å²) in [5.74, 6) is 0. The first-order chi connectivity index (χ1) is 8.29. The van der Waals surface area contributed by atoms with Gasteiger partial charge in [0.15, 0.2) is 0 Å². The topological polar surface area (TPSA) is 38.5 Å². The number of likely N-dealkylation sites (tertiary alicyclic amines) is 1. The van der Waals surface area contributed by atoms with Gasteiger partial charge in [0.2, 0.25) is 0 Å². The molecule has 2 saturated heterocycles. The van der Waals surface area contributed by atoms with Crippen LogP contribution in [-0.2, 0) is 4.74 Å². The van der Waals surface area contributed by atoms with Crippen LogP contribution in [0.2, 0.25) is 0 Å². The van der Waals surface area contributed by atoms with Gasteiger partial charge in [0.25, 0.3) is 0 Å². The first-order valence-electron chi connectivity index (χ1n) is 7.38. The summed E-state index contributed by atoms with van der Waals surface area (Å²) in [7, 11) is 0. The van der Waals surface area contributed by atoms with Crippen molar-refractivity contribution in [2.75, 3.05) is 26.2 Å². The van der Waals surface area contributed by atoms with E-state index in [4.69, 9.17) is 10.5 Å². The summed E-state index contributed by atoms with van der Waals surface area (Å²) in [5, 5.41) is 0. The molecule has 0 spiro atoms. The minimum absolute atomic E-state index is 0.0232. The summed E-state index contributed by atoms with van der Waals surface area (Å²) >= 11 is 0. The Labute approximate surface area is 112 Å². The van der Waals surface area contributed by atoms with Gasteiger partial charge in [-0.1, -0.05) is 13.8 Å². The van der Waals surface area contributed by atoms with Gasteiger partial charge in [-0.25, -0.2) is 0 Å².